The van der Waals surface area contributed by atoms with Crippen molar-refractivity contribution in [1.82, 2.24) is 9.97 Å². The van der Waals surface area contributed by atoms with Crippen molar-refractivity contribution in [3.8, 4) is 16.9 Å². The van der Waals surface area contributed by atoms with Gasteiger partial charge in [-0.1, -0.05) is 53.5 Å². The number of carbonyl (C=O) groups excluding carboxylic acids is 1. The van der Waals surface area contributed by atoms with Gasteiger partial charge in [0, 0.05) is 34.9 Å². The molecule has 2 aromatic rings. The fourth-order valence-electron chi connectivity index (χ4n) is 3.95. The van der Waals surface area contributed by atoms with E-state index in [1.165, 1.54) is 6.33 Å². The summed E-state index contributed by atoms with van der Waals surface area (Å²) in [5, 5.41) is 0. The van der Waals surface area contributed by atoms with E-state index in [0.29, 0.717) is 6.61 Å². The molecule has 3 heterocycles. The highest BCUT2D eigenvalue weighted by atomic mass is 16.5. The normalized spacial score (nSPS) is 23.5. The molecule has 0 saturated heterocycles. The molecule has 0 radical (unpaired) electrons. The number of amidine groups is 1. The van der Waals surface area contributed by atoms with Crippen molar-refractivity contribution in [2.75, 3.05) is 6.61 Å². The van der Waals surface area contributed by atoms with Crippen LogP contribution in [0.3, 0.4) is 0 Å². The van der Waals surface area contributed by atoms with Gasteiger partial charge >= 0.3 is 0 Å². The van der Waals surface area contributed by atoms with Crippen molar-refractivity contribution in [1.29, 1.82) is 0 Å². The van der Waals surface area contributed by atoms with Crippen molar-refractivity contribution in [2.45, 2.75) is 65.5 Å². The fraction of sp³-hybridized carbons (Fsp3) is 0.520. The van der Waals surface area contributed by atoms with E-state index in [2.05, 4.69) is 29.9 Å². The Labute approximate surface area is 195 Å². The molecule has 4 N–H and O–H groups in total. The maximum atomic E-state index is 10.2. The summed E-state index contributed by atoms with van der Waals surface area (Å²) in [5.41, 5.74) is 13.0. The first kappa shape index (κ1) is 24.5. The van der Waals surface area contributed by atoms with Crippen LogP contribution in [0.5, 0.6) is 5.75 Å². The Hall–Kier alpha value is -3.16. The van der Waals surface area contributed by atoms with Gasteiger partial charge in [0.25, 0.3) is 6.02 Å². The predicted molar refractivity (Wildman–Crippen MR) is 128 cm³/mol. The molecule has 1 amide bonds. The number of hydrogen-bond donors (Lipinski definition) is 2. The number of unbranched alkanes of at least 4 members (excludes halogenated alkanes) is 1. The molecule has 178 valence electrons. The molecule has 33 heavy (non-hydrogen) atoms. The van der Waals surface area contributed by atoms with Crippen molar-refractivity contribution in [3.05, 3.63) is 42.5 Å². The molecule has 1 spiro atoms. The number of rotatable bonds is 4. The monoisotopic (exact) mass is 453 g/mol. The highest BCUT2D eigenvalue weighted by Crippen LogP contribution is 2.49. The molecule has 8 nitrogen and oxygen atoms in total. The Morgan fingerprint density at radius 1 is 1.21 bits per heavy atom. The quantitative estimate of drug-likeness (QED) is 0.725. The van der Waals surface area contributed by atoms with Crippen LogP contribution >= 0.6 is 0 Å². The van der Waals surface area contributed by atoms with E-state index in [1.807, 2.05) is 12.1 Å². The summed E-state index contributed by atoms with van der Waals surface area (Å²) >= 11 is 0. The molecule has 4 rings (SSSR count). The molecule has 0 saturated carbocycles. The lowest BCUT2D eigenvalue weighted by Gasteiger charge is -2.42. The number of carbonyl (C=O) groups is 1. The van der Waals surface area contributed by atoms with E-state index < -0.39 is 5.54 Å². The maximum Gasteiger partial charge on any atom is 0.283 e. The largest absolute Gasteiger partial charge is 0.490 e. The molecule has 2 aliphatic heterocycles. The van der Waals surface area contributed by atoms with E-state index in [0.717, 1.165) is 41.7 Å². The van der Waals surface area contributed by atoms with Gasteiger partial charge in [-0.25, -0.2) is 15.0 Å². The molecule has 1 aromatic carbocycles. The first-order chi connectivity index (χ1) is 15.6. The second kappa shape index (κ2) is 9.77. The molecular formula is C25H35N5O3. The summed E-state index contributed by atoms with van der Waals surface area (Å²) in [6.45, 7) is 10.2. The smallest absolute Gasteiger partial charge is 0.283 e. The van der Waals surface area contributed by atoms with Crippen LogP contribution in [0.1, 0.15) is 59.4 Å². The fourth-order valence-corrected chi connectivity index (χ4v) is 3.95. The minimum Gasteiger partial charge on any atom is -0.490 e. The van der Waals surface area contributed by atoms with Crippen LogP contribution in [0, 0.1) is 11.3 Å². The first-order valence-corrected chi connectivity index (χ1v) is 11.4. The maximum absolute atomic E-state index is 10.2. The lowest BCUT2D eigenvalue weighted by atomic mass is 9.73. The summed E-state index contributed by atoms with van der Waals surface area (Å²) in [5.74, 6) is 0.782. The highest BCUT2D eigenvalue weighted by molar-refractivity contribution is 5.79. The number of benzene rings is 1. The van der Waals surface area contributed by atoms with Gasteiger partial charge in [-0.2, -0.15) is 0 Å². The predicted octanol–water partition coefficient (Wildman–Crippen LogP) is 3.79. The molecule has 0 aliphatic carbocycles. The summed E-state index contributed by atoms with van der Waals surface area (Å²) in [7, 11) is 0. The van der Waals surface area contributed by atoms with Gasteiger partial charge in [0.15, 0.2) is 0 Å². The van der Waals surface area contributed by atoms with Crippen molar-refractivity contribution >= 4 is 11.9 Å². The van der Waals surface area contributed by atoms with Crippen LogP contribution in [-0.2, 0) is 15.1 Å². The van der Waals surface area contributed by atoms with Gasteiger partial charge in [-0.05, 0) is 24.1 Å². The van der Waals surface area contributed by atoms with E-state index in [-0.39, 0.29) is 29.4 Å². The average Bonchev–Trinajstić information content (AvgIpc) is 3.18. The Morgan fingerprint density at radius 2 is 1.88 bits per heavy atom. The van der Waals surface area contributed by atoms with Gasteiger partial charge in [-0.15, -0.1) is 0 Å². The summed E-state index contributed by atoms with van der Waals surface area (Å²) in [4.78, 5) is 23.2. The lowest BCUT2D eigenvalue weighted by molar-refractivity contribution is -0.125. The van der Waals surface area contributed by atoms with Crippen LogP contribution in [0.15, 0.2) is 41.9 Å². The lowest BCUT2D eigenvalue weighted by Crippen LogP contribution is -2.46. The minimum absolute atomic E-state index is 0.103. The molecule has 1 aromatic heterocycles. The number of aromatic nitrogens is 2. The summed E-state index contributed by atoms with van der Waals surface area (Å²) < 4.78 is 12.0. The molecule has 0 bridgehead atoms. The number of hydrogen-bond acceptors (Lipinski definition) is 7. The second-order valence-electron chi connectivity index (χ2n) is 9.70. The molecule has 2 aliphatic rings. The molecule has 2 unspecified atom stereocenters. The number of ether oxygens (including phenoxy) is 2. The SMILES string of the molecule is CC(C)(C)C(N)=O.CCCC[C@@H]1Oc2ccc(-c3cncnc3)cc2C2(COC(N)=N2)C1C. The van der Waals surface area contributed by atoms with Gasteiger partial charge in [-0.3, -0.25) is 4.79 Å². The number of fused-ring (bicyclic) bond motifs is 2. The third-order valence-corrected chi connectivity index (χ3v) is 6.26. The van der Waals surface area contributed by atoms with Crippen LogP contribution in [0.25, 0.3) is 11.1 Å². The number of amides is 1. The third kappa shape index (κ3) is 5.26. The van der Waals surface area contributed by atoms with E-state index in [1.54, 1.807) is 33.2 Å². The zero-order valence-corrected chi connectivity index (χ0v) is 20.2. The third-order valence-electron chi connectivity index (χ3n) is 6.26. The van der Waals surface area contributed by atoms with E-state index in [9.17, 15) is 4.79 Å². The second-order valence-corrected chi connectivity index (χ2v) is 9.70. The molecule has 8 heteroatoms. The number of nitrogens with two attached hydrogens (primary N) is 2. The van der Waals surface area contributed by atoms with Crippen molar-refractivity contribution in [3.63, 3.8) is 0 Å². The van der Waals surface area contributed by atoms with Gasteiger partial charge in [0.1, 0.15) is 30.3 Å². The van der Waals surface area contributed by atoms with Gasteiger partial charge in [0.2, 0.25) is 5.91 Å². The molecule has 0 fully saturated rings. The minimum atomic E-state index is -0.498. The van der Waals surface area contributed by atoms with E-state index >= 15 is 0 Å². The van der Waals surface area contributed by atoms with Gasteiger partial charge in [0.05, 0.1) is 0 Å². The van der Waals surface area contributed by atoms with Gasteiger partial charge < -0.3 is 20.9 Å². The van der Waals surface area contributed by atoms with E-state index in [4.69, 9.17) is 25.9 Å². The zero-order valence-electron chi connectivity index (χ0n) is 20.2. The Morgan fingerprint density at radius 3 is 2.42 bits per heavy atom. The number of aliphatic imine (C=N–C) groups is 1. The number of primary amides is 1. The van der Waals surface area contributed by atoms with Crippen LogP contribution in [-0.4, -0.2) is 34.6 Å². The topological polar surface area (TPSA) is 126 Å². The van der Waals surface area contributed by atoms with Crippen LogP contribution in [0.2, 0.25) is 0 Å². The Kier molecular flexibility index (Phi) is 7.25. The Balaban J connectivity index is 0.000000383. The van der Waals surface area contributed by atoms with Crippen LogP contribution in [0.4, 0.5) is 0 Å². The average molecular weight is 454 g/mol. The van der Waals surface area contributed by atoms with Crippen molar-refractivity contribution < 1.29 is 14.3 Å². The van der Waals surface area contributed by atoms with Crippen LogP contribution < -0.4 is 16.2 Å². The standard InChI is InChI=1S/C20H24N4O2.C5H11NO/c1-3-4-5-17-13(2)20(11-25-19(21)24-20)16-8-14(6-7-18(16)26-17)15-9-22-12-23-10-15;1-5(2,3)4(6)7/h6-10,12-13,17H,3-5,11H2,1-2H3,(H2,21,24);1-3H3,(H2,6,7)/t13?,17-,20?;/m0./s1. The molecule has 3 atom stereocenters. The highest BCUT2D eigenvalue weighted by Gasteiger charge is 2.51. The first-order valence-electron chi connectivity index (χ1n) is 11.4. The van der Waals surface area contributed by atoms with Crippen molar-refractivity contribution in [2.24, 2.45) is 27.8 Å². The summed E-state index contributed by atoms with van der Waals surface area (Å²) in [6, 6.07) is 6.44. The number of nitrogens with zero attached hydrogens (tertiary/aromatic N) is 3. The summed E-state index contributed by atoms with van der Waals surface area (Å²) in [6.07, 6.45) is 8.52. The zero-order chi connectivity index (χ0) is 24.2. The Bertz CT molecular complexity index is 1000. The molecular weight excluding hydrogens is 418 g/mol.